The van der Waals surface area contributed by atoms with Crippen LogP contribution in [0, 0.1) is 0 Å². The van der Waals surface area contributed by atoms with Gasteiger partial charge >= 0.3 is 0 Å². The van der Waals surface area contributed by atoms with Crippen LogP contribution in [-0.4, -0.2) is 25.4 Å². The highest BCUT2D eigenvalue weighted by Gasteiger charge is 1.85. The van der Waals surface area contributed by atoms with E-state index >= 15 is 0 Å². The lowest BCUT2D eigenvalue weighted by molar-refractivity contribution is 1.02. The molecule has 1 nitrogen and oxygen atoms in total. The summed E-state index contributed by atoms with van der Waals surface area (Å²) in [6.07, 6.45) is 0. The SMILES string of the molecule is CC(Cl)CCl.CNC.Cl. The van der Waals surface area contributed by atoms with Crippen molar-refractivity contribution in [2.45, 2.75) is 12.3 Å². The van der Waals surface area contributed by atoms with Gasteiger partial charge in [-0.3, -0.25) is 0 Å². The van der Waals surface area contributed by atoms with E-state index in [9.17, 15) is 0 Å². The van der Waals surface area contributed by atoms with Crippen molar-refractivity contribution in [1.29, 1.82) is 0 Å². The van der Waals surface area contributed by atoms with E-state index in [1.165, 1.54) is 0 Å². The molecule has 0 aliphatic carbocycles. The highest BCUT2D eigenvalue weighted by Crippen LogP contribution is 1.93. The Morgan fingerprint density at radius 3 is 1.56 bits per heavy atom. The summed E-state index contributed by atoms with van der Waals surface area (Å²) in [5.41, 5.74) is 0. The normalized spacial score (nSPS) is 10.3. The Morgan fingerprint density at radius 2 is 1.56 bits per heavy atom. The van der Waals surface area contributed by atoms with E-state index < -0.39 is 0 Å². The first kappa shape index (κ1) is 16.4. The minimum atomic E-state index is 0. The van der Waals surface area contributed by atoms with Crippen LogP contribution < -0.4 is 5.32 Å². The zero-order valence-electron chi connectivity index (χ0n) is 5.95. The summed E-state index contributed by atoms with van der Waals surface area (Å²) in [4.78, 5) is 0. The van der Waals surface area contributed by atoms with Gasteiger partial charge in [-0.15, -0.1) is 35.6 Å². The first-order valence-electron chi connectivity index (χ1n) is 2.47. The fraction of sp³-hybridized carbons (Fsp3) is 1.00. The number of hydrogen-bond donors (Lipinski definition) is 1. The van der Waals surface area contributed by atoms with Crippen molar-refractivity contribution in [3.63, 3.8) is 0 Å². The molecule has 1 N–H and O–H groups in total. The molecule has 0 aromatic heterocycles. The lowest BCUT2D eigenvalue weighted by Gasteiger charge is -1.85. The van der Waals surface area contributed by atoms with Crippen molar-refractivity contribution in [3.8, 4) is 0 Å². The quantitative estimate of drug-likeness (QED) is 0.631. The van der Waals surface area contributed by atoms with Crippen LogP contribution in [0.25, 0.3) is 0 Å². The van der Waals surface area contributed by atoms with Crippen LogP contribution in [-0.2, 0) is 0 Å². The number of rotatable bonds is 1. The van der Waals surface area contributed by atoms with E-state index in [-0.39, 0.29) is 17.8 Å². The van der Waals surface area contributed by atoms with Gasteiger partial charge < -0.3 is 5.32 Å². The second-order valence-electron chi connectivity index (χ2n) is 1.44. The summed E-state index contributed by atoms with van der Waals surface area (Å²) in [5.74, 6) is 0.543. The van der Waals surface area contributed by atoms with Crippen LogP contribution in [0.4, 0.5) is 0 Å². The van der Waals surface area contributed by atoms with Gasteiger partial charge in [-0.2, -0.15) is 0 Å². The molecule has 0 aliphatic heterocycles. The Hall–Kier alpha value is 0.830. The Morgan fingerprint density at radius 1 is 1.44 bits per heavy atom. The molecule has 0 spiro atoms. The van der Waals surface area contributed by atoms with Gasteiger partial charge in [-0.1, -0.05) is 0 Å². The maximum atomic E-state index is 5.33. The zero-order chi connectivity index (χ0) is 6.99. The Kier molecular flexibility index (Phi) is 29.1. The summed E-state index contributed by atoms with van der Waals surface area (Å²) in [7, 11) is 3.75. The van der Waals surface area contributed by atoms with Gasteiger partial charge in [0.15, 0.2) is 0 Å². The molecule has 4 heteroatoms. The maximum absolute atomic E-state index is 5.33. The fourth-order valence-electron chi connectivity index (χ4n) is 0. The van der Waals surface area contributed by atoms with Crippen molar-refractivity contribution < 1.29 is 0 Å². The van der Waals surface area contributed by atoms with Gasteiger partial charge in [-0.05, 0) is 21.0 Å². The van der Waals surface area contributed by atoms with E-state index in [2.05, 4.69) is 5.32 Å². The van der Waals surface area contributed by atoms with Crippen molar-refractivity contribution >= 4 is 35.6 Å². The lowest BCUT2D eigenvalue weighted by Crippen LogP contribution is -1.89. The molecule has 0 amide bonds. The Labute approximate surface area is 73.5 Å². The van der Waals surface area contributed by atoms with Crippen LogP contribution in [0.5, 0.6) is 0 Å². The smallest absolute Gasteiger partial charge is 0.0443 e. The molecule has 0 aliphatic rings. The number of halogens is 3. The summed E-state index contributed by atoms with van der Waals surface area (Å²) in [6, 6.07) is 0. The van der Waals surface area contributed by atoms with Crippen molar-refractivity contribution in [1.82, 2.24) is 5.32 Å². The summed E-state index contributed by atoms with van der Waals surface area (Å²) >= 11 is 10.5. The molecule has 0 aromatic carbocycles. The molecule has 1 unspecified atom stereocenters. The molecule has 0 saturated carbocycles. The van der Waals surface area contributed by atoms with Crippen LogP contribution in [0.3, 0.4) is 0 Å². The van der Waals surface area contributed by atoms with Crippen molar-refractivity contribution in [2.24, 2.45) is 0 Å². The van der Waals surface area contributed by atoms with Gasteiger partial charge in [0.25, 0.3) is 0 Å². The predicted molar refractivity (Wildman–Crippen MR) is 48.3 cm³/mol. The standard InChI is InChI=1S/C3H6Cl2.C2H7N.ClH/c1-3(5)2-4;1-3-2;/h3H,2H2,1H3;3H,1-2H3;1H. The minimum Gasteiger partial charge on any atom is -0.323 e. The van der Waals surface area contributed by atoms with Crippen LogP contribution in [0.1, 0.15) is 6.92 Å². The third-order valence-electron chi connectivity index (χ3n) is 0.213. The second kappa shape index (κ2) is 15.9. The monoisotopic (exact) mass is 193 g/mol. The van der Waals surface area contributed by atoms with E-state index in [0.29, 0.717) is 5.88 Å². The molecule has 0 rings (SSSR count). The number of nitrogens with one attached hydrogen (secondary N) is 1. The van der Waals surface area contributed by atoms with E-state index in [1.54, 1.807) is 0 Å². The maximum Gasteiger partial charge on any atom is 0.0443 e. The average molecular weight is 195 g/mol. The van der Waals surface area contributed by atoms with Crippen LogP contribution >= 0.6 is 35.6 Å². The second-order valence-corrected chi connectivity index (χ2v) is 2.49. The summed E-state index contributed by atoms with van der Waals surface area (Å²) in [5, 5.41) is 2.87. The van der Waals surface area contributed by atoms with E-state index in [0.717, 1.165) is 0 Å². The molecule has 0 fully saturated rings. The van der Waals surface area contributed by atoms with Gasteiger partial charge in [0.2, 0.25) is 0 Å². The van der Waals surface area contributed by atoms with E-state index in [1.807, 2.05) is 21.0 Å². The largest absolute Gasteiger partial charge is 0.323 e. The molecule has 9 heavy (non-hydrogen) atoms. The van der Waals surface area contributed by atoms with E-state index in [4.69, 9.17) is 23.2 Å². The van der Waals surface area contributed by atoms with Crippen molar-refractivity contribution in [2.75, 3.05) is 20.0 Å². The van der Waals surface area contributed by atoms with Gasteiger partial charge in [0.05, 0.1) is 0 Å². The molecule has 0 radical (unpaired) electrons. The molecule has 0 aromatic rings. The fourth-order valence-corrected chi connectivity index (χ4v) is 0. The summed E-state index contributed by atoms with van der Waals surface area (Å²) in [6.45, 7) is 1.86. The third kappa shape index (κ3) is 51.4. The zero-order valence-corrected chi connectivity index (χ0v) is 8.28. The van der Waals surface area contributed by atoms with Gasteiger partial charge in [-0.25, -0.2) is 0 Å². The predicted octanol–water partition coefficient (Wildman–Crippen LogP) is 2.11. The molecule has 60 valence electrons. The van der Waals surface area contributed by atoms with Gasteiger partial charge in [0.1, 0.15) is 0 Å². The van der Waals surface area contributed by atoms with Gasteiger partial charge in [0, 0.05) is 11.3 Å². The highest BCUT2D eigenvalue weighted by atomic mass is 35.5. The molecule has 0 saturated heterocycles. The average Bonchev–Trinajstić information content (AvgIpc) is 1.69. The van der Waals surface area contributed by atoms with Crippen molar-refractivity contribution in [3.05, 3.63) is 0 Å². The topological polar surface area (TPSA) is 12.0 Å². The number of hydrogen-bond acceptors (Lipinski definition) is 1. The minimum absolute atomic E-state index is 0. The molecule has 1 atom stereocenters. The lowest BCUT2D eigenvalue weighted by atomic mass is 10.6. The molecule has 0 bridgehead atoms. The molecule has 0 heterocycles. The molecular weight excluding hydrogens is 180 g/mol. The Bertz CT molecular complexity index is 33.4. The van der Waals surface area contributed by atoms with Crippen LogP contribution in [0.2, 0.25) is 0 Å². The third-order valence-corrected chi connectivity index (χ3v) is 0.988. The Balaban J connectivity index is -0.0000000800. The number of alkyl halides is 2. The highest BCUT2D eigenvalue weighted by molar-refractivity contribution is 6.27. The first-order chi connectivity index (χ1) is 3.68. The molecular formula is C5H14Cl3N. The first-order valence-corrected chi connectivity index (χ1v) is 3.44. The summed E-state index contributed by atoms with van der Waals surface area (Å²) < 4.78 is 0. The van der Waals surface area contributed by atoms with Crippen LogP contribution in [0.15, 0.2) is 0 Å².